The van der Waals surface area contributed by atoms with E-state index in [9.17, 15) is 9.59 Å². The summed E-state index contributed by atoms with van der Waals surface area (Å²) in [6.45, 7) is 4.31. The number of nitrogens with zero attached hydrogens (tertiary/aromatic N) is 6. The number of carbonyl (C=O) groups excluding carboxylic acids is 2. The Balaban J connectivity index is 1.28. The number of nitrogens with one attached hydrogen (secondary N) is 2. The predicted molar refractivity (Wildman–Crippen MR) is 138 cm³/mol. The standard InChI is InChI=1S/C27H30N8O2/c1-3-22-19(15-31-34(22)24-9-5-7-13-28-24)26(36)30-17-21(18-11-12-18)33-27(37)20-16-32-35(23(20)4-2)25-10-6-8-14-29-25/h5-10,13-16,18,21H,3-4,11-12,17H2,1-2H3,(H,30,36)(H,33,37). The number of hydrogen-bond acceptors (Lipinski definition) is 6. The molecule has 1 unspecified atom stereocenters. The highest BCUT2D eigenvalue weighted by atomic mass is 16.2. The third kappa shape index (κ3) is 5.13. The second kappa shape index (κ2) is 10.7. The molecule has 1 aliphatic rings. The summed E-state index contributed by atoms with van der Waals surface area (Å²) in [7, 11) is 0. The van der Waals surface area contributed by atoms with Gasteiger partial charge in [-0.3, -0.25) is 9.59 Å². The van der Waals surface area contributed by atoms with Crippen molar-refractivity contribution < 1.29 is 9.59 Å². The van der Waals surface area contributed by atoms with Gasteiger partial charge in [-0.05, 0) is 55.9 Å². The Bertz CT molecular complexity index is 1380. The van der Waals surface area contributed by atoms with Crippen molar-refractivity contribution in [2.75, 3.05) is 6.54 Å². The number of pyridine rings is 2. The SMILES string of the molecule is CCc1c(C(=O)NCC(NC(=O)c2cnn(-c3ccccn3)c2CC)C2CC2)cnn1-c1ccccn1. The van der Waals surface area contributed by atoms with E-state index in [2.05, 4.69) is 30.8 Å². The molecule has 0 radical (unpaired) electrons. The van der Waals surface area contributed by atoms with E-state index in [0.29, 0.717) is 48.1 Å². The zero-order valence-corrected chi connectivity index (χ0v) is 21.0. The van der Waals surface area contributed by atoms with Crippen LogP contribution in [0.15, 0.2) is 61.2 Å². The van der Waals surface area contributed by atoms with Crippen molar-refractivity contribution in [3.05, 3.63) is 83.7 Å². The molecule has 2 amide bonds. The molecule has 4 aromatic heterocycles. The van der Waals surface area contributed by atoms with Gasteiger partial charge in [0.2, 0.25) is 0 Å². The normalized spacial score (nSPS) is 13.8. The first-order valence-electron chi connectivity index (χ1n) is 12.7. The largest absolute Gasteiger partial charge is 0.350 e. The van der Waals surface area contributed by atoms with Crippen LogP contribution >= 0.6 is 0 Å². The maximum atomic E-state index is 13.3. The molecule has 2 N–H and O–H groups in total. The van der Waals surface area contributed by atoms with Gasteiger partial charge in [-0.2, -0.15) is 10.2 Å². The van der Waals surface area contributed by atoms with Gasteiger partial charge in [0.05, 0.1) is 34.9 Å². The van der Waals surface area contributed by atoms with Crippen molar-refractivity contribution in [3.8, 4) is 11.6 Å². The minimum Gasteiger partial charge on any atom is -0.350 e. The summed E-state index contributed by atoms with van der Waals surface area (Å²) < 4.78 is 3.40. The number of hydrogen-bond donors (Lipinski definition) is 2. The second-order valence-corrected chi connectivity index (χ2v) is 9.04. The van der Waals surface area contributed by atoms with Crippen LogP contribution in [-0.4, -0.2) is 53.9 Å². The highest BCUT2D eigenvalue weighted by Crippen LogP contribution is 2.32. The summed E-state index contributed by atoms with van der Waals surface area (Å²) in [5, 5.41) is 15.0. The van der Waals surface area contributed by atoms with Crippen LogP contribution in [-0.2, 0) is 12.8 Å². The minimum absolute atomic E-state index is 0.171. The first-order valence-corrected chi connectivity index (χ1v) is 12.7. The van der Waals surface area contributed by atoms with E-state index >= 15 is 0 Å². The molecule has 190 valence electrons. The molecule has 0 saturated heterocycles. The van der Waals surface area contributed by atoms with Crippen LogP contribution in [0.2, 0.25) is 0 Å². The molecule has 0 spiro atoms. The number of rotatable bonds is 10. The van der Waals surface area contributed by atoms with Crippen LogP contribution in [0, 0.1) is 5.92 Å². The third-order valence-electron chi connectivity index (χ3n) is 6.62. The molecule has 1 atom stereocenters. The summed E-state index contributed by atoms with van der Waals surface area (Å²) in [4.78, 5) is 35.1. The first kappa shape index (κ1) is 24.4. The van der Waals surface area contributed by atoms with Crippen LogP contribution < -0.4 is 10.6 Å². The van der Waals surface area contributed by atoms with Gasteiger partial charge in [0.25, 0.3) is 11.8 Å². The third-order valence-corrected chi connectivity index (χ3v) is 6.62. The smallest absolute Gasteiger partial charge is 0.255 e. The lowest BCUT2D eigenvalue weighted by molar-refractivity contribution is 0.0902. The van der Waals surface area contributed by atoms with Crippen molar-refractivity contribution in [2.24, 2.45) is 5.92 Å². The van der Waals surface area contributed by atoms with Crippen LogP contribution in [0.1, 0.15) is 58.8 Å². The molecule has 1 saturated carbocycles. The van der Waals surface area contributed by atoms with Crippen molar-refractivity contribution in [1.82, 2.24) is 40.2 Å². The average molecular weight is 499 g/mol. The van der Waals surface area contributed by atoms with Crippen molar-refractivity contribution >= 4 is 11.8 Å². The fourth-order valence-electron chi connectivity index (χ4n) is 4.54. The topological polar surface area (TPSA) is 120 Å². The number of aromatic nitrogens is 6. The van der Waals surface area contributed by atoms with Gasteiger partial charge < -0.3 is 10.6 Å². The first-order chi connectivity index (χ1) is 18.1. The second-order valence-electron chi connectivity index (χ2n) is 9.04. The molecule has 1 aliphatic carbocycles. The summed E-state index contributed by atoms with van der Waals surface area (Å²) in [6, 6.07) is 11.0. The zero-order chi connectivity index (χ0) is 25.8. The molecule has 10 nitrogen and oxygen atoms in total. The Morgan fingerprint density at radius 3 is 1.86 bits per heavy atom. The molecule has 0 aromatic carbocycles. The van der Waals surface area contributed by atoms with E-state index < -0.39 is 0 Å². The highest BCUT2D eigenvalue weighted by molar-refractivity contribution is 5.96. The Labute approximate surface area is 215 Å². The van der Waals surface area contributed by atoms with E-state index in [0.717, 1.165) is 24.2 Å². The summed E-state index contributed by atoms with van der Waals surface area (Å²) in [6.07, 6.45) is 9.86. The van der Waals surface area contributed by atoms with Gasteiger partial charge in [-0.1, -0.05) is 26.0 Å². The van der Waals surface area contributed by atoms with Crippen LogP contribution in [0.4, 0.5) is 0 Å². The number of amides is 2. The van der Waals surface area contributed by atoms with Gasteiger partial charge in [-0.25, -0.2) is 19.3 Å². The maximum Gasteiger partial charge on any atom is 0.255 e. The number of carbonyl (C=O) groups is 2. The molecule has 4 aromatic rings. The Hall–Kier alpha value is -4.34. The fraction of sp³-hybridized carbons (Fsp3) is 0.333. The summed E-state index contributed by atoms with van der Waals surface area (Å²) >= 11 is 0. The fourth-order valence-corrected chi connectivity index (χ4v) is 4.54. The molecule has 37 heavy (non-hydrogen) atoms. The monoisotopic (exact) mass is 498 g/mol. The van der Waals surface area contributed by atoms with Gasteiger partial charge in [0, 0.05) is 25.0 Å². The van der Waals surface area contributed by atoms with Crippen LogP contribution in [0.25, 0.3) is 11.6 Å². The van der Waals surface area contributed by atoms with Gasteiger partial charge in [0.1, 0.15) is 0 Å². The van der Waals surface area contributed by atoms with E-state index in [-0.39, 0.29) is 17.9 Å². The van der Waals surface area contributed by atoms with E-state index in [4.69, 9.17) is 0 Å². The molecule has 0 aliphatic heterocycles. The Kier molecular flexibility index (Phi) is 7.07. The van der Waals surface area contributed by atoms with Crippen molar-refractivity contribution in [1.29, 1.82) is 0 Å². The molecular weight excluding hydrogens is 468 g/mol. The zero-order valence-electron chi connectivity index (χ0n) is 21.0. The minimum atomic E-state index is -0.212. The van der Waals surface area contributed by atoms with Gasteiger partial charge >= 0.3 is 0 Å². The predicted octanol–water partition coefficient (Wildman–Crippen LogP) is 2.91. The van der Waals surface area contributed by atoms with E-state index in [1.807, 2.05) is 50.2 Å². The van der Waals surface area contributed by atoms with Crippen molar-refractivity contribution in [3.63, 3.8) is 0 Å². The molecule has 0 bridgehead atoms. The van der Waals surface area contributed by atoms with E-state index in [1.54, 1.807) is 34.2 Å². The van der Waals surface area contributed by atoms with Crippen LogP contribution in [0.3, 0.4) is 0 Å². The quantitative estimate of drug-likeness (QED) is 0.347. The lowest BCUT2D eigenvalue weighted by Crippen LogP contribution is -2.45. The summed E-state index contributed by atoms with van der Waals surface area (Å²) in [5.41, 5.74) is 2.62. The van der Waals surface area contributed by atoms with Crippen LogP contribution in [0.5, 0.6) is 0 Å². The van der Waals surface area contributed by atoms with Gasteiger partial charge in [-0.15, -0.1) is 0 Å². The molecule has 1 fully saturated rings. The lowest BCUT2D eigenvalue weighted by Gasteiger charge is -2.19. The maximum absolute atomic E-state index is 13.3. The highest BCUT2D eigenvalue weighted by Gasteiger charge is 2.34. The molecule has 4 heterocycles. The Morgan fingerprint density at radius 1 is 0.865 bits per heavy atom. The van der Waals surface area contributed by atoms with E-state index in [1.165, 1.54) is 0 Å². The Morgan fingerprint density at radius 2 is 1.41 bits per heavy atom. The molecule has 5 rings (SSSR count). The molecular formula is C27H30N8O2. The molecule has 10 heteroatoms. The lowest BCUT2D eigenvalue weighted by atomic mass is 10.1. The average Bonchev–Trinajstić information content (AvgIpc) is 3.54. The summed E-state index contributed by atoms with van der Waals surface area (Å²) in [5.74, 6) is 1.27. The van der Waals surface area contributed by atoms with Gasteiger partial charge in [0.15, 0.2) is 11.6 Å². The van der Waals surface area contributed by atoms with Crippen molar-refractivity contribution in [2.45, 2.75) is 45.6 Å².